The van der Waals surface area contributed by atoms with Gasteiger partial charge in [0.05, 0.1) is 12.6 Å². The van der Waals surface area contributed by atoms with Gasteiger partial charge in [-0.05, 0) is 42.5 Å². The smallest absolute Gasteiger partial charge is 0.138 e. The first-order chi connectivity index (χ1) is 12.0. The van der Waals surface area contributed by atoms with E-state index in [9.17, 15) is 4.21 Å². The van der Waals surface area contributed by atoms with Crippen LogP contribution in [0, 0.1) is 0 Å². The van der Waals surface area contributed by atoms with Crippen molar-refractivity contribution < 1.29 is 13.7 Å². The third-order valence-corrected chi connectivity index (χ3v) is 5.60. The molecule has 0 saturated heterocycles. The summed E-state index contributed by atoms with van der Waals surface area (Å²) in [6.45, 7) is 2.40. The first-order valence-electron chi connectivity index (χ1n) is 7.88. The molecule has 25 heavy (non-hydrogen) atoms. The number of thiol groups is 1. The number of rotatable bonds is 6. The molecule has 0 amide bonds. The largest absolute Gasteiger partial charge is 0.497 e. The Labute approximate surface area is 147 Å². The SMILES string of the molecule is CCN[SH](N)(=O)c1ccc(Oc2ccnc3cc(OC)ccc23)cc1. The van der Waals surface area contributed by atoms with Crippen LogP contribution in [0.1, 0.15) is 6.92 Å². The van der Waals surface area contributed by atoms with Gasteiger partial charge in [0.25, 0.3) is 0 Å². The summed E-state index contributed by atoms with van der Waals surface area (Å²) in [5, 5.41) is 6.72. The van der Waals surface area contributed by atoms with Gasteiger partial charge in [-0.15, -0.1) is 0 Å². The molecule has 132 valence electrons. The molecule has 7 heteroatoms. The lowest BCUT2D eigenvalue weighted by molar-refractivity contribution is 0.415. The van der Waals surface area contributed by atoms with Gasteiger partial charge in [0.1, 0.15) is 17.2 Å². The number of fused-ring (bicyclic) bond motifs is 1. The summed E-state index contributed by atoms with van der Waals surface area (Å²) in [7, 11) is -1.41. The highest BCUT2D eigenvalue weighted by atomic mass is 32.3. The molecule has 0 bridgehead atoms. The summed E-state index contributed by atoms with van der Waals surface area (Å²) in [6, 6.07) is 14.4. The van der Waals surface area contributed by atoms with Crippen LogP contribution in [-0.2, 0) is 10.3 Å². The molecule has 0 aliphatic rings. The second-order valence-corrected chi connectivity index (χ2v) is 7.61. The van der Waals surface area contributed by atoms with E-state index in [1.54, 1.807) is 43.6 Å². The molecule has 0 aliphatic carbocycles. The number of pyridine rings is 1. The Morgan fingerprint density at radius 3 is 2.52 bits per heavy atom. The molecule has 1 heterocycles. The molecule has 0 fully saturated rings. The van der Waals surface area contributed by atoms with Crippen LogP contribution in [0.2, 0.25) is 0 Å². The molecule has 0 radical (unpaired) electrons. The van der Waals surface area contributed by atoms with Gasteiger partial charge in [-0.3, -0.25) is 14.3 Å². The molecule has 3 rings (SSSR count). The van der Waals surface area contributed by atoms with E-state index in [2.05, 4.69) is 9.71 Å². The zero-order valence-corrected chi connectivity index (χ0v) is 15.0. The van der Waals surface area contributed by atoms with E-state index in [1.807, 2.05) is 25.1 Å². The number of nitrogens with one attached hydrogen (secondary N) is 1. The molecular weight excluding hydrogens is 338 g/mol. The van der Waals surface area contributed by atoms with E-state index in [-0.39, 0.29) is 0 Å². The van der Waals surface area contributed by atoms with E-state index in [1.165, 1.54) is 0 Å². The van der Waals surface area contributed by atoms with Gasteiger partial charge in [-0.1, -0.05) is 6.92 Å². The maximum absolute atomic E-state index is 12.3. The minimum Gasteiger partial charge on any atom is -0.497 e. The zero-order valence-electron chi connectivity index (χ0n) is 14.1. The third kappa shape index (κ3) is 3.79. The Bertz CT molecular complexity index is 929. The molecule has 0 spiro atoms. The molecule has 3 aromatic rings. The Balaban J connectivity index is 1.88. The van der Waals surface area contributed by atoms with Crippen molar-refractivity contribution in [2.45, 2.75) is 11.8 Å². The van der Waals surface area contributed by atoms with Crippen molar-refractivity contribution in [1.29, 1.82) is 0 Å². The van der Waals surface area contributed by atoms with Gasteiger partial charge >= 0.3 is 0 Å². The minimum absolute atomic E-state index is 0.540. The average Bonchev–Trinajstić information content (AvgIpc) is 2.62. The highest BCUT2D eigenvalue weighted by Gasteiger charge is 2.11. The topological polar surface area (TPSA) is 86.5 Å². The second-order valence-electron chi connectivity index (χ2n) is 5.46. The summed E-state index contributed by atoms with van der Waals surface area (Å²) in [5.41, 5.74) is 0.784. The van der Waals surface area contributed by atoms with Crippen molar-refractivity contribution in [2.75, 3.05) is 13.7 Å². The van der Waals surface area contributed by atoms with Crippen LogP contribution in [0.5, 0.6) is 17.2 Å². The Morgan fingerprint density at radius 2 is 1.84 bits per heavy atom. The Morgan fingerprint density at radius 1 is 1.12 bits per heavy atom. The van der Waals surface area contributed by atoms with Crippen molar-refractivity contribution >= 4 is 21.2 Å². The predicted molar refractivity (Wildman–Crippen MR) is 100 cm³/mol. The second kappa shape index (κ2) is 7.18. The number of hydrogen-bond donors (Lipinski definition) is 3. The van der Waals surface area contributed by atoms with Crippen LogP contribution in [0.3, 0.4) is 0 Å². The van der Waals surface area contributed by atoms with Crippen molar-refractivity contribution in [1.82, 2.24) is 9.71 Å². The molecule has 3 N–H and O–H groups in total. The average molecular weight is 359 g/mol. The zero-order chi connectivity index (χ0) is 17.9. The van der Waals surface area contributed by atoms with E-state index >= 15 is 0 Å². The monoisotopic (exact) mass is 359 g/mol. The Kier molecular flexibility index (Phi) is 4.98. The summed E-state index contributed by atoms with van der Waals surface area (Å²) >= 11 is 0. The van der Waals surface area contributed by atoms with Crippen LogP contribution in [0.25, 0.3) is 10.9 Å². The van der Waals surface area contributed by atoms with Crippen molar-refractivity contribution in [2.24, 2.45) is 5.14 Å². The number of aromatic nitrogens is 1. The fourth-order valence-corrected chi connectivity index (χ4v) is 3.75. The maximum Gasteiger partial charge on any atom is 0.138 e. The lowest BCUT2D eigenvalue weighted by atomic mass is 10.2. The molecule has 6 nitrogen and oxygen atoms in total. The van der Waals surface area contributed by atoms with Crippen LogP contribution in [-0.4, -0.2) is 22.8 Å². The number of hydrogen-bond acceptors (Lipinski definition) is 4. The van der Waals surface area contributed by atoms with Gasteiger partial charge < -0.3 is 9.47 Å². The van der Waals surface area contributed by atoms with Crippen LogP contribution in [0.4, 0.5) is 0 Å². The number of nitrogens with zero attached hydrogens (tertiary/aromatic N) is 1. The summed E-state index contributed by atoms with van der Waals surface area (Å²) in [6.07, 6.45) is 1.69. The van der Waals surface area contributed by atoms with Crippen molar-refractivity contribution in [3.8, 4) is 17.2 Å². The molecule has 0 unspecified atom stereocenters. The van der Waals surface area contributed by atoms with E-state index in [4.69, 9.17) is 14.6 Å². The number of ether oxygens (including phenoxy) is 2. The molecular formula is C18H21N3O3S. The van der Waals surface area contributed by atoms with Gasteiger partial charge in [-0.25, -0.2) is 4.72 Å². The molecule has 0 saturated carbocycles. The van der Waals surface area contributed by atoms with E-state index in [0.717, 1.165) is 16.7 Å². The summed E-state index contributed by atoms with van der Waals surface area (Å²) < 4.78 is 26.3. The molecule has 0 aliphatic heterocycles. The van der Waals surface area contributed by atoms with Gasteiger partial charge in [-0.2, -0.15) is 0 Å². The number of methoxy groups -OCH3 is 1. The van der Waals surface area contributed by atoms with Gasteiger partial charge in [0.15, 0.2) is 0 Å². The van der Waals surface area contributed by atoms with Crippen molar-refractivity contribution in [3.05, 3.63) is 54.7 Å². The van der Waals surface area contributed by atoms with Crippen molar-refractivity contribution in [3.63, 3.8) is 0 Å². The summed E-state index contributed by atoms with van der Waals surface area (Å²) in [4.78, 5) is 4.90. The first kappa shape index (κ1) is 17.3. The van der Waals surface area contributed by atoms with E-state index < -0.39 is 10.3 Å². The molecule has 1 aromatic heterocycles. The number of benzene rings is 2. The van der Waals surface area contributed by atoms with Crippen LogP contribution in [0.15, 0.2) is 59.6 Å². The fraction of sp³-hybridized carbons (Fsp3) is 0.167. The predicted octanol–water partition coefficient (Wildman–Crippen LogP) is 2.81. The normalized spacial score (nSPS) is 12.1. The molecule has 0 atom stereocenters. The van der Waals surface area contributed by atoms with E-state index in [0.29, 0.717) is 22.9 Å². The first-order valence-corrected chi connectivity index (χ1v) is 9.66. The lowest BCUT2D eigenvalue weighted by Gasteiger charge is -2.20. The minimum atomic E-state index is -3.02. The Hall–Kier alpha value is -2.48. The van der Waals surface area contributed by atoms with Gasteiger partial charge in [0, 0.05) is 39.4 Å². The number of nitrogens with two attached hydrogens (primary N) is 1. The highest BCUT2D eigenvalue weighted by molar-refractivity contribution is 7.99. The third-order valence-electron chi connectivity index (χ3n) is 3.75. The fourth-order valence-electron chi connectivity index (χ4n) is 2.51. The van der Waals surface area contributed by atoms with Crippen LogP contribution >= 0.6 is 0 Å². The van der Waals surface area contributed by atoms with Crippen LogP contribution < -0.4 is 19.3 Å². The lowest BCUT2D eigenvalue weighted by Crippen LogP contribution is -2.38. The standard InChI is InChI=1S/C18H21N3O3S/c1-3-21-25(19,22)15-7-4-13(5-8-15)24-18-10-11-20-17-12-14(23-2)6-9-16(17)18/h4-12,25H,3H2,1-2H3,(H3,19,21,22). The maximum atomic E-state index is 12.3. The molecule has 2 aromatic carbocycles. The van der Waals surface area contributed by atoms with Gasteiger partial charge in [0.2, 0.25) is 0 Å². The quantitative estimate of drug-likeness (QED) is 0.591. The highest BCUT2D eigenvalue weighted by Crippen LogP contribution is 2.31. The summed E-state index contributed by atoms with van der Waals surface area (Å²) in [5.74, 6) is 2.05.